The first-order valence-electron chi connectivity index (χ1n) is 10.0. The standard InChI is InChI=1S/C21H26N4O4/c1-15-11-17(24-20(26)16-3-2-8-28-14-16)4-5-19(15)29-18-12-22-21(23-13-18)25-6-9-27-10-7-25/h4-5,11-13,16H,2-3,6-10,14H2,1H3,(H,24,26). The molecule has 4 rings (SSSR count). The van der Waals surface area contributed by atoms with Crippen molar-refractivity contribution >= 4 is 17.5 Å². The van der Waals surface area contributed by atoms with Crippen LogP contribution in [0.2, 0.25) is 0 Å². The van der Waals surface area contributed by atoms with Gasteiger partial charge < -0.3 is 24.4 Å². The number of anilines is 2. The lowest BCUT2D eigenvalue weighted by Crippen LogP contribution is -2.37. The molecule has 2 fully saturated rings. The minimum absolute atomic E-state index is 0.00451. The van der Waals surface area contributed by atoms with Crippen molar-refractivity contribution in [2.75, 3.05) is 49.7 Å². The van der Waals surface area contributed by atoms with Crippen molar-refractivity contribution in [2.24, 2.45) is 5.92 Å². The maximum atomic E-state index is 12.4. The number of aromatic nitrogens is 2. The van der Waals surface area contributed by atoms with Crippen LogP contribution in [0.3, 0.4) is 0 Å². The molecule has 1 N–H and O–H groups in total. The smallest absolute Gasteiger partial charge is 0.229 e. The molecule has 0 bridgehead atoms. The van der Waals surface area contributed by atoms with Gasteiger partial charge in [0.05, 0.1) is 38.1 Å². The van der Waals surface area contributed by atoms with E-state index in [9.17, 15) is 4.79 Å². The van der Waals surface area contributed by atoms with Crippen LogP contribution in [0, 0.1) is 12.8 Å². The SMILES string of the molecule is Cc1cc(NC(=O)C2CCCOC2)ccc1Oc1cnc(N2CCOCC2)nc1. The highest BCUT2D eigenvalue weighted by molar-refractivity contribution is 5.92. The van der Waals surface area contributed by atoms with Gasteiger partial charge in [0.15, 0.2) is 5.75 Å². The molecule has 1 unspecified atom stereocenters. The molecule has 0 saturated carbocycles. The first kappa shape index (κ1) is 19.6. The number of carbonyl (C=O) groups is 1. The normalized spacial score (nSPS) is 19.6. The number of hydrogen-bond acceptors (Lipinski definition) is 7. The van der Waals surface area contributed by atoms with Crippen molar-refractivity contribution in [3.05, 3.63) is 36.2 Å². The van der Waals surface area contributed by atoms with Crippen molar-refractivity contribution in [1.82, 2.24) is 9.97 Å². The number of benzene rings is 1. The van der Waals surface area contributed by atoms with Crippen LogP contribution in [0.25, 0.3) is 0 Å². The van der Waals surface area contributed by atoms with E-state index in [1.54, 1.807) is 12.4 Å². The quantitative estimate of drug-likeness (QED) is 0.829. The zero-order valence-electron chi connectivity index (χ0n) is 16.6. The fourth-order valence-electron chi connectivity index (χ4n) is 3.45. The average molecular weight is 398 g/mol. The van der Waals surface area contributed by atoms with Crippen molar-refractivity contribution in [3.63, 3.8) is 0 Å². The van der Waals surface area contributed by atoms with E-state index < -0.39 is 0 Å². The van der Waals surface area contributed by atoms with Gasteiger partial charge in [-0.15, -0.1) is 0 Å². The van der Waals surface area contributed by atoms with Crippen LogP contribution in [0.4, 0.5) is 11.6 Å². The maximum absolute atomic E-state index is 12.4. The zero-order chi connectivity index (χ0) is 20.1. The van der Waals surface area contributed by atoms with E-state index in [-0.39, 0.29) is 11.8 Å². The first-order chi connectivity index (χ1) is 14.2. The Kier molecular flexibility index (Phi) is 6.21. The predicted molar refractivity (Wildman–Crippen MR) is 108 cm³/mol. The summed E-state index contributed by atoms with van der Waals surface area (Å²) in [5.74, 6) is 1.88. The Bertz CT molecular complexity index is 831. The average Bonchev–Trinajstić information content (AvgIpc) is 2.77. The van der Waals surface area contributed by atoms with E-state index in [0.717, 1.165) is 43.8 Å². The summed E-state index contributed by atoms with van der Waals surface area (Å²) in [6, 6.07) is 5.59. The van der Waals surface area contributed by atoms with Gasteiger partial charge in [0, 0.05) is 25.4 Å². The minimum atomic E-state index is -0.0814. The van der Waals surface area contributed by atoms with Gasteiger partial charge in [-0.05, 0) is 43.5 Å². The molecule has 0 aliphatic carbocycles. The lowest BCUT2D eigenvalue weighted by atomic mass is 10.0. The number of rotatable bonds is 5. The number of hydrogen-bond donors (Lipinski definition) is 1. The number of ether oxygens (including phenoxy) is 3. The highest BCUT2D eigenvalue weighted by atomic mass is 16.5. The molecule has 2 saturated heterocycles. The number of carbonyl (C=O) groups excluding carboxylic acids is 1. The van der Waals surface area contributed by atoms with Crippen molar-refractivity contribution in [2.45, 2.75) is 19.8 Å². The number of amides is 1. The molecule has 8 nitrogen and oxygen atoms in total. The Morgan fingerprint density at radius 1 is 1.17 bits per heavy atom. The van der Waals surface area contributed by atoms with Gasteiger partial charge in [-0.1, -0.05) is 0 Å². The van der Waals surface area contributed by atoms with Crippen LogP contribution in [-0.2, 0) is 14.3 Å². The first-order valence-corrected chi connectivity index (χ1v) is 10.0. The van der Waals surface area contributed by atoms with Crippen LogP contribution in [0.15, 0.2) is 30.6 Å². The second kappa shape index (κ2) is 9.19. The van der Waals surface area contributed by atoms with Crippen LogP contribution in [-0.4, -0.2) is 55.4 Å². The Morgan fingerprint density at radius 3 is 2.66 bits per heavy atom. The number of nitrogens with zero attached hydrogens (tertiary/aromatic N) is 3. The Morgan fingerprint density at radius 2 is 1.97 bits per heavy atom. The van der Waals surface area contributed by atoms with E-state index in [1.165, 1.54) is 0 Å². The minimum Gasteiger partial charge on any atom is -0.454 e. The predicted octanol–water partition coefficient (Wildman–Crippen LogP) is 2.78. The summed E-state index contributed by atoms with van der Waals surface area (Å²) in [5.41, 5.74) is 1.67. The van der Waals surface area contributed by atoms with Gasteiger partial charge in [0.25, 0.3) is 0 Å². The summed E-state index contributed by atoms with van der Waals surface area (Å²) in [5, 5.41) is 2.97. The van der Waals surface area contributed by atoms with E-state index in [2.05, 4.69) is 20.2 Å². The number of aryl methyl sites for hydroxylation is 1. The molecular weight excluding hydrogens is 372 g/mol. The second-order valence-electron chi connectivity index (χ2n) is 7.30. The molecule has 0 radical (unpaired) electrons. The monoisotopic (exact) mass is 398 g/mol. The highest BCUT2D eigenvalue weighted by Crippen LogP contribution is 2.28. The van der Waals surface area contributed by atoms with Crippen molar-refractivity contribution in [1.29, 1.82) is 0 Å². The molecule has 2 aliphatic rings. The Labute approximate surface area is 170 Å². The lowest BCUT2D eigenvalue weighted by molar-refractivity contribution is -0.123. The van der Waals surface area contributed by atoms with Crippen molar-refractivity contribution < 1.29 is 19.0 Å². The van der Waals surface area contributed by atoms with Gasteiger partial charge in [0.2, 0.25) is 11.9 Å². The van der Waals surface area contributed by atoms with Crippen LogP contribution < -0.4 is 15.0 Å². The number of nitrogens with one attached hydrogen (secondary N) is 1. The molecule has 3 heterocycles. The van der Waals surface area contributed by atoms with Gasteiger partial charge in [0.1, 0.15) is 5.75 Å². The van der Waals surface area contributed by atoms with E-state index >= 15 is 0 Å². The largest absolute Gasteiger partial charge is 0.454 e. The van der Waals surface area contributed by atoms with Gasteiger partial charge in [-0.2, -0.15) is 0 Å². The lowest BCUT2D eigenvalue weighted by Gasteiger charge is -2.26. The van der Waals surface area contributed by atoms with E-state index in [0.29, 0.717) is 37.3 Å². The van der Waals surface area contributed by atoms with Crippen LogP contribution in [0.1, 0.15) is 18.4 Å². The third-order valence-corrected chi connectivity index (χ3v) is 5.11. The molecule has 29 heavy (non-hydrogen) atoms. The molecule has 8 heteroatoms. The fourth-order valence-corrected chi connectivity index (χ4v) is 3.45. The topological polar surface area (TPSA) is 85.8 Å². The molecule has 1 atom stereocenters. The zero-order valence-corrected chi connectivity index (χ0v) is 16.6. The molecule has 1 aromatic heterocycles. The molecule has 2 aliphatic heterocycles. The fraction of sp³-hybridized carbons (Fsp3) is 0.476. The van der Waals surface area contributed by atoms with Crippen LogP contribution in [0.5, 0.6) is 11.5 Å². The van der Waals surface area contributed by atoms with Crippen molar-refractivity contribution in [3.8, 4) is 11.5 Å². The summed E-state index contributed by atoms with van der Waals surface area (Å²) in [4.78, 5) is 23.3. The molecule has 0 spiro atoms. The van der Waals surface area contributed by atoms with Crippen LogP contribution >= 0.6 is 0 Å². The molecule has 1 aromatic carbocycles. The maximum Gasteiger partial charge on any atom is 0.229 e. The molecular formula is C21H26N4O4. The summed E-state index contributed by atoms with van der Waals surface area (Å²) in [6.45, 7) is 6.14. The summed E-state index contributed by atoms with van der Waals surface area (Å²) >= 11 is 0. The number of morpholine rings is 1. The van der Waals surface area contributed by atoms with Gasteiger partial charge in [-0.25, -0.2) is 9.97 Å². The van der Waals surface area contributed by atoms with E-state index in [1.807, 2.05) is 25.1 Å². The third kappa shape index (κ3) is 5.02. The summed E-state index contributed by atoms with van der Waals surface area (Å²) in [6.07, 6.45) is 5.15. The molecule has 1 amide bonds. The summed E-state index contributed by atoms with van der Waals surface area (Å²) < 4.78 is 16.7. The highest BCUT2D eigenvalue weighted by Gasteiger charge is 2.22. The third-order valence-electron chi connectivity index (χ3n) is 5.11. The van der Waals surface area contributed by atoms with Gasteiger partial charge >= 0.3 is 0 Å². The molecule has 154 valence electrons. The Hall–Kier alpha value is -2.71. The molecule has 2 aromatic rings. The van der Waals surface area contributed by atoms with E-state index in [4.69, 9.17) is 14.2 Å². The second-order valence-corrected chi connectivity index (χ2v) is 7.30. The summed E-state index contributed by atoms with van der Waals surface area (Å²) in [7, 11) is 0. The van der Waals surface area contributed by atoms with Gasteiger partial charge in [-0.3, -0.25) is 4.79 Å². The Balaban J connectivity index is 1.37.